The quantitative estimate of drug-likeness (QED) is 0.390. The van der Waals surface area contributed by atoms with Gasteiger partial charge in [-0.3, -0.25) is 9.59 Å². The molecule has 9 heteroatoms. The molecular weight excluding hydrogens is 398 g/mol. The predicted molar refractivity (Wildman–Crippen MR) is 114 cm³/mol. The van der Waals surface area contributed by atoms with Gasteiger partial charge in [-0.25, -0.2) is 9.97 Å². The smallest absolute Gasteiger partial charge is 0.230 e. The summed E-state index contributed by atoms with van der Waals surface area (Å²) in [4.78, 5) is 36.8. The summed E-state index contributed by atoms with van der Waals surface area (Å²) >= 11 is 7.46. The van der Waals surface area contributed by atoms with Gasteiger partial charge in [0, 0.05) is 44.7 Å². The molecular formula is C19H30ClN5O2S. The molecule has 0 bridgehead atoms. The molecule has 0 aliphatic carbocycles. The van der Waals surface area contributed by atoms with Crippen LogP contribution in [0.5, 0.6) is 0 Å². The van der Waals surface area contributed by atoms with E-state index < -0.39 is 0 Å². The highest BCUT2D eigenvalue weighted by atomic mass is 35.5. The molecule has 0 radical (unpaired) electrons. The highest BCUT2D eigenvalue weighted by Crippen LogP contribution is 2.24. The summed E-state index contributed by atoms with van der Waals surface area (Å²) in [5.74, 6) is 1.69. The minimum absolute atomic E-state index is 0.0314. The lowest BCUT2D eigenvalue weighted by atomic mass is 10.1. The zero-order valence-electron chi connectivity index (χ0n) is 17.1. The number of halogens is 1. The van der Waals surface area contributed by atoms with Gasteiger partial charge < -0.3 is 15.1 Å². The lowest BCUT2D eigenvalue weighted by molar-refractivity contribution is -0.133. The van der Waals surface area contributed by atoms with Gasteiger partial charge in [0.15, 0.2) is 5.16 Å². The molecule has 156 valence electrons. The Morgan fingerprint density at radius 2 is 2.11 bits per heavy atom. The number of rotatable bonds is 8. The number of amides is 2. The fourth-order valence-electron chi connectivity index (χ4n) is 3.03. The number of hydrogen-bond donors (Lipinski definition) is 1. The summed E-state index contributed by atoms with van der Waals surface area (Å²) < 4.78 is 0. The molecule has 7 nitrogen and oxygen atoms in total. The van der Waals surface area contributed by atoms with Crippen LogP contribution in [0, 0.1) is 5.92 Å². The van der Waals surface area contributed by atoms with Crippen molar-refractivity contribution < 1.29 is 9.59 Å². The summed E-state index contributed by atoms with van der Waals surface area (Å²) in [6.45, 7) is 10.9. The Hall–Kier alpha value is -1.54. The van der Waals surface area contributed by atoms with Crippen molar-refractivity contribution in [3.63, 3.8) is 0 Å². The SMILES string of the molecule is CCC(=O)N1CCN(c2cc(Cl)nc(SCC(=O)NCCC(C)C)n2)C[C@H]1C. The van der Waals surface area contributed by atoms with Crippen LogP contribution in [0.1, 0.15) is 40.5 Å². The third-order valence-corrected chi connectivity index (χ3v) is 5.65. The second kappa shape index (κ2) is 10.9. The number of nitrogens with one attached hydrogen (secondary N) is 1. The summed E-state index contributed by atoms with van der Waals surface area (Å²) in [5.41, 5.74) is 0. The van der Waals surface area contributed by atoms with E-state index in [-0.39, 0.29) is 23.6 Å². The summed E-state index contributed by atoms with van der Waals surface area (Å²) in [7, 11) is 0. The molecule has 0 spiro atoms. The highest BCUT2D eigenvalue weighted by molar-refractivity contribution is 7.99. The van der Waals surface area contributed by atoms with Crippen molar-refractivity contribution in [1.82, 2.24) is 20.2 Å². The zero-order valence-corrected chi connectivity index (χ0v) is 18.6. The standard InChI is InChI=1S/C19H30ClN5O2S/c1-5-18(27)25-9-8-24(11-14(25)4)16-10-15(20)22-19(23-16)28-12-17(26)21-7-6-13(2)3/h10,13-14H,5-9,11-12H2,1-4H3,(H,21,26)/t14-/m1/s1. The van der Waals surface area contributed by atoms with Crippen molar-refractivity contribution in [3.05, 3.63) is 11.2 Å². The predicted octanol–water partition coefficient (Wildman–Crippen LogP) is 2.83. The van der Waals surface area contributed by atoms with Gasteiger partial charge in [0.25, 0.3) is 0 Å². The fourth-order valence-corrected chi connectivity index (χ4v) is 3.94. The average Bonchev–Trinajstić information content (AvgIpc) is 2.65. The van der Waals surface area contributed by atoms with Crippen LogP contribution >= 0.6 is 23.4 Å². The molecule has 1 aromatic heterocycles. The second-order valence-corrected chi connectivity index (χ2v) is 8.72. The minimum atomic E-state index is -0.0314. The van der Waals surface area contributed by atoms with E-state index in [1.807, 2.05) is 18.7 Å². The Morgan fingerprint density at radius 1 is 1.36 bits per heavy atom. The van der Waals surface area contributed by atoms with Crippen LogP contribution in [0.4, 0.5) is 5.82 Å². The number of anilines is 1. The number of carbonyl (C=O) groups is 2. The molecule has 0 unspecified atom stereocenters. The molecule has 1 fully saturated rings. The van der Waals surface area contributed by atoms with Gasteiger partial charge in [0.05, 0.1) is 5.75 Å². The Labute approximate surface area is 176 Å². The lowest BCUT2D eigenvalue weighted by Gasteiger charge is -2.40. The number of aromatic nitrogens is 2. The van der Waals surface area contributed by atoms with Gasteiger partial charge in [-0.05, 0) is 19.3 Å². The molecule has 1 aliphatic heterocycles. The molecule has 0 aromatic carbocycles. The van der Waals surface area contributed by atoms with Crippen LogP contribution in [-0.4, -0.2) is 64.7 Å². The molecule has 1 N–H and O–H groups in total. The van der Waals surface area contributed by atoms with Crippen molar-refractivity contribution in [2.24, 2.45) is 5.92 Å². The number of hydrogen-bond acceptors (Lipinski definition) is 6. The van der Waals surface area contributed by atoms with Gasteiger partial charge in [-0.15, -0.1) is 0 Å². The van der Waals surface area contributed by atoms with Crippen molar-refractivity contribution >= 4 is 41.0 Å². The number of piperazine rings is 1. The van der Waals surface area contributed by atoms with Crippen LogP contribution in [0.2, 0.25) is 5.15 Å². The van der Waals surface area contributed by atoms with Crippen molar-refractivity contribution in [2.75, 3.05) is 36.8 Å². The monoisotopic (exact) mass is 427 g/mol. The lowest BCUT2D eigenvalue weighted by Crippen LogP contribution is -2.54. The van der Waals surface area contributed by atoms with Gasteiger partial charge in [-0.1, -0.05) is 44.1 Å². The van der Waals surface area contributed by atoms with E-state index in [2.05, 4.69) is 34.0 Å². The maximum Gasteiger partial charge on any atom is 0.230 e. The maximum absolute atomic E-state index is 12.0. The highest BCUT2D eigenvalue weighted by Gasteiger charge is 2.27. The van der Waals surface area contributed by atoms with Crippen LogP contribution in [0.25, 0.3) is 0 Å². The molecule has 28 heavy (non-hydrogen) atoms. The first kappa shape index (κ1) is 22.7. The Bertz CT molecular complexity index is 688. The first-order valence-corrected chi connectivity index (χ1v) is 11.1. The van der Waals surface area contributed by atoms with Crippen molar-refractivity contribution in [2.45, 2.75) is 51.7 Å². The second-order valence-electron chi connectivity index (χ2n) is 7.39. The zero-order chi connectivity index (χ0) is 20.7. The Balaban J connectivity index is 1.94. The average molecular weight is 428 g/mol. The Morgan fingerprint density at radius 3 is 2.75 bits per heavy atom. The molecule has 1 aromatic rings. The van der Waals surface area contributed by atoms with E-state index in [0.29, 0.717) is 48.8 Å². The van der Waals surface area contributed by atoms with Crippen LogP contribution in [0.3, 0.4) is 0 Å². The molecule has 1 saturated heterocycles. The molecule has 1 atom stereocenters. The molecule has 2 amide bonds. The maximum atomic E-state index is 12.0. The van der Waals surface area contributed by atoms with Crippen LogP contribution in [0.15, 0.2) is 11.2 Å². The van der Waals surface area contributed by atoms with E-state index in [0.717, 1.165) is 12.2 Å². The normalized spacial score (nSPS) is 17.1. The first-order chi connectivity index (χ1) is 13.3. The van der Waals surface area contributed by atoms with Gasteiger partial charge in [0.1, 0.15) is 11.0 Å². The molecule has 2 heterocycles. The van der Waals surface area contributed by atoms with Gasteiger partial charge >= 0.3 is 0 Å². The number of carbonyl (C=O) groups excluding carboxylic acids is 2. The van der Waals surface area contributed by atoms with E-state index in [9.17, 15) is 9.59 Å². The van der Waals surface area contributed by atoms with Gasteiger partial charge in [0.2, 0.25) is 11.8 Å². The third-order valence-electron chi connectivity index (χ3n) is 4.61. The Kier molecular flexibility index (Phi) is 8.82. The third kappa shape index (κ3) is 6.81. The minimum Gasteiger partial charge on any atom is -0.355 e. The molecule has 0 saturated carbocycles. The van der Waals surface area contributed by atoms with Crippen LogP contribution in [-0.2, 0) is 9.59 Å². The largest absolute Gasteiger partial charge is 0.355 e. The topological polar surface area (TPSA) is 78.4 Å². The van der Waals surface area contributed by atoms with Crippen molar-refractivity contribution in [1.29, 1.82) is 0 Å². The summed E-state index contributed by atoms with van der Waals surface area (Å²) in [6, 6.07) is 1.84. The summed E-state index contributed by atoms with van der Waals surface area (Å²) in [6.07, 6.45) is 1.47. The fraction of sp³-hybridized carbons (Fsp3) is 0.684. The van der Waals surface area contributed by atoms with E-state index >= 15 is 0 Å². The molecule has 1 aliphatic rings. The van der Waals surface area contributed by atoms with E-state index in [4.69, 9.17) is 11.6 Å². The van der Waals surface area contributed by atoms with E-state index in [1.165, 1.54) is 11.8 Å². The first-order valence-electron chi connectivity index (χ1n) is 9.78. The molecule has 2 rings (SSSR count). The summed E-state index contributed by atoms with van der Waals surface area (Å²) in [5, 5.41) is 3.75. The number of thioether (sulfide) groups is 1. The van der Waals surface area contributed by atoms with Crippen molar-refractivity contribution in [3.8, 4) is 0 Å². The van der Waals surface area contributed by atoms with E-state index in [1.54, 1.807) is 6.07 Å². The van der Waals surface area contributed by atoms with Gasteiger partial charge in [-0.2, -0.15) is 0 Å². The number of nitrogens with zero attached hydrogens (tertiary/aromatic N) is 4. The van der Waals surface area contributed by atoms with Crippen LogP contribution < -0.4 is 10.2 Å².